The van der Waals surface area contributed by atoms with Crippen LogP contribution in [0.2, 0.25) is 5.02 Å². The molecule has 2 rings (SSSR count). The summed E-state index contributed by atoms with van der Waals surface area (Å²) in [4.78, 5) is 27.5. The number of carbonyl (C=O) groups is 2. The topological polar surface area (TPSA) is 49.4 Å². The Morgan fingerprint density at radius 1 is 1.12 bits per heavy atom. The summed E-state index contributed by atoms with van der Waals surface area (Å²) in [6, 6.07) is 14.8. The predicted molar refractivity (Wildman–Crippen MR) is 107 cm³/mol. The highest BCUT2D eigenvalue weighted by atomic mass is 35.5. The standard InChI is InChI=1S/C20H23ClN2O2S/c1-14-4-10-18(11-5-14)26-13-19(24)23(15(2)20(25)22-3)12-16-6-8-17(21)9-7-16/h4-11,15H,12-13H2,1-3H3,(H,22,25)/t15-/m1/s1. The molecule has 0 fully saturated rings. The van der Waals surface area contributed by atoms with Crippen molar-refractivity contribution in [2.45, 2.75) is 31.3 Å². The van der Waals surface area contributed by atoms with Gasteiger partial charge in [-0.25, -0.2) is 0 Å². The maximum absolute atomic E-state index is 12.8. The minimum atomic E-state index is -0.554. The van der Waals surface area contributed by atoms with Crippen molar-refractivity contribution in [3.8, 4) is 0 Å². The third-order valence-corrected chi connectivity index (χ3v) is 5.31. The highest BCUT2D eigenvalue weighted by Crippen LogP contribution is 2.20. The molecule has 2 aromatic rings. The van der Waals surface area contributed by atoms with E-state index in [-0.39, 0.29) is 17.6 Å². The molecule has 4 nitrogen and oxygen atoms in total. The van der Waals surface area contributed by atoms with Crippen LogP contribution in [0.1, 0.15) is 18.1 Å². The summed E-state index contributed by atoms with van der Waals surface area (Å²) in [5, 5.41) is 3.25. The number of likely N-dealkylation sites (N-methyl/N-ethyl adjacent to an activating group) is 1. The van der Waals surface area contributed by atoms with Crippen molar-refractivity contribution >= 4 is 35.2 Å². The van der Waals surface area contributed by atoms with Gasteiger partial charge in [0.1, 0.15) is 6.04 Å². The maximum Gasteiger partial charge on any atom is 0.242 e. The summed E-state index contributed by atoms with van der Waals surface area (Å²) in [5.74, 6) is 0.00659. The van der Waals surface area contributed by atoms with E-state index < -0.39 is 6.04 Å². The van der Waals surface area contributed by atoms with Gasteiger partial charge in [0, 0.05) is 23.5 Å². The minimum absolute atomic E-state index is 0.0818. The Hall–Kier alpha value is -1.98. The molecule has 1 N–H and O–H groups in total. The molecule has 0 aromatic heterocycles. The number of halogens is 1. The maximum atomic E-state index is 12.8. The number of benzene rings is 2. The highest BCUT2D eigenvalue weighted by Gasteiger charge is 2.25. The largest absolute Gasteiger partial charge is 0.357 e. The Bertz CT molecular complexity index is 747. The molecule has 0 saturated carbocycles. The first kappa shape index (κ1) is 20.3. The SMILES string of the molecule is CNC(=O)[C@@H](C)N(Cc1ccc(Cl)cc1)C(=O)CSc1ccc(C)cc1. The van der Waals surface area contributed by atoms with Gasteiger partial charge in [0.05, 0.1) is 5.75 Å². The normalized spacial score (nSPS) is 11.7. The number of nitrogens with zero attached hydrogens (tertiary/aromatic N) is 1. The molecule has 0 unspecified atom stereocenters. The second-order valence-electron chi connectivity index (χ2n) is 6.04. The lowest BCUT2D eigenvalue weighted by Gasteiger charge is -2.28. The monoisotopic (exact) mass is 390 g/mol. The molecule has 0 heterocycles. The average molecular weight is 391 g/mol. The van der Waals surface area contributed by atoms with Gasteiger partial charge in [-0.3, -0.25) is 9.59 Å². The van der Waals surface area contributed by atoms with Crippen LogP contribution in [0.25, 0.3) is 0 Å². The van der Waals surface area contributed by atoms with Crippen molar-refractivity contribution in [1.29, 1.82) is 0 Å². The van der Waals surface area contributed by atoms with E-state index in [1.807, 2.05) is 43.3 Å². The molecule has 2 aromatic carbocycles. The highest BCUT2D eigenvalue weighted by molar-refractivity contribution is 8.00. The Morgan fingerprint density at radius 3 is 2.31 bits per heavy atom. The molecule has 2 amide bonds. The number of carbonyl (C=O) groups excluding carboxylic acids is 2. The second-order valence-corrected chi connectivity index (χ2v) is 7.53. The molecule has 6 heteroatoms. The summed E-state index contributed by atoms with van der Waals surface area (Å²) in [6.45, 7) is 4.13. The smallest absolute Gasteiger partial charge is 0.242 e. The van der Waals surface area contributed by atoms with E-state index in [4.69, 9.17) is 11.6 Å². The number of nitrogens with one attached hydrogen (secondary N) is 1. The first-order valence-electron chi connectivity index (χ1n) is 8.35. The Morgan fingerprint density at radius 2 is 1.73 bits per heavy atom. The fraction of sp³-hybridized carbons (Fsp3) is 0.300. The molecule has 0 spiro atoms. The van der Waals surface area contributed by atoms with E-state index in [9.17, 15) is 9.59 Å². The van der Waals surface area contributed by atoms with Gasteiger partial charge in [0.25, 0.3) is 0 Å². The number of hydrogen-bond acceptors (Lipinski definition) is 3. The van der Waals surface area contributed by atoms with Gasteiger partial charge in [-0.05, 0) is 43.7 Å². The van der Waals surface area contributed by atoms with Crippen LogP contribution in [-0.4, -0.2) is 35.6 Å². The fourth-order valence-electron chi connectivity index (χ4n) is 2.44. The van der Waals surface area contributed by atoms with Crippen molar-refractivity contribution in [3.63, 3.8) is 0 Å². The predicted octanol–water partition coefficient (Wildman–Crippen LogP) is 3.90. The van der Waals surface area contributed by atoms with Crippen LogP contribution >= 0.6 is 23.4 Å². The van der Waals surface area contributed by atoms with Crippen LogP contribution in [0.5, 0.6) is 0 Å². The summed E-state index contributed by atoms with van der Waals surface area (Å²) < 4.78 is 0. The van der Waals surface area contributed by atoms with E-state index in [0.717, 1.165) is 10.5 Å². The minimum Gasteiger partial charge on any atom is -0.357 e. The van der Waals surface area contributed by atoms with Crippen molar-refractivity contribution < 1.29 is 9.59 Å². The van der Waals surface area contributed by atoms with Gasteiger partial charge in [0.2, 0.25) is 11.8 Å². The van der Waals surface area contributed by atoms with Gasteiger partial charge < -0.3 is 10.2 Å². The van der Waals surface area contributed by atoms with Crippen molar-refractivity contribution in [3.05, 3.63) is 64.7 Å². The number of thioether (sulfide) groups is 1. The zero-order chi connectivity index (χ0) is 19.1. The van der Waals surface area contributed by atoms with Crippen LogP contribution in [0, 0.1) is 6.92 Å². The van der Waals surface area contributed by atoms with Gasteiger partial charge in [-0.15, -0.1) is 11.8 Å². The summed E-state index contributed by atoms with van der Waals surface area (Å²) >= 11 is 7.40. The Labute approximate surface area is 163 Å². The van der Waals surface area contributed by atoms with Crippen LogP contribution in [0.4, 0.5) is 0 Å². The number of amides is 2. The number of rotatable bonds is 7. The van der Waals surface area contributed by atoms with Crippen LogP contribution in [0.3, 0.4) is 0 Å². The first-order valence-corrected chi connectivity index (χ1v) is 9.72. The zero-order valence-corrected chi connectivity index (χ0v) is 16.7. The van der Waals surface area contributed by atoms with Crippen molar-refractivity contribution in [1.82, 2.24) is 10.2 Å². The van der Waals surface area contributed by atoms with Crippen molar-refractivity contribution in [2.24, 2.45) is 0 Å². The molecule has 0 aliphatic rings. The van der Waals surface area contributed by atoms with E-state index in [0.29, 0.717) is 11.6 Å². The van der Waals surface area contributed by atoms with Crippen LogP contribution in [0.15, 0.2) is 53.4 Å². The lowest BCUT2D eigenvalue weighted by molar-refractivity contribution is -0.138. The Balaban J connectivity index is 2.10. The van der Waals surface area contributed by atoms with Gasteiger partial charge >= 0.3 is 0 Å². The van der Waals surface area contributed by atoms with E-state index in [1.165, 1.54) is 17.3 Å². The summed E-state index contributed by atoms with van der Waals surface area (Å²) in [6.07, 6.45) is 0. The average Bonchev–Trinajstić information content (AvgIpc) is 2.65. The molecular formula is C20H23ClN2O2S. The molecule has 0 aliphatic heterocycles. The van der Waals surface area contributed by atoms with Gasteiger partial charge in [0.15, 0.2) is 0 Å². The molecule has 0 aliphatic carbocycles. The van der Waals surface area contributed by atoms with Crippen molar-refractivity contribution in [2.75, 3.05) is 12.8 Å². The third kappa shape index (κ3) is 5.78. The molecule has 1 atom stereocenters. The second kappa shape index (κ2) is 9.64. The molecule has 0 radical (unpaired) electrons. The van der Waals surface area contributed by atoms with Gasteiger partial charge in [-0.1, -0.05) is 41.4 Å². The Kier molecular flexibility index (Phi) is 7.54. The van der Waals surface area contributed by atoms with Crippen LogP contribution < -0.4 is 5.32 Å². The lowest BCUT2D eigenvalue weighted by Crippen LogP contribution is -2.47. The fourth-order valence-corrected chi connectivity index (χ4v) is 3.35. The molecule has 0 saturated heterocycles. The molecule has 26 heavy (non-hydrogen) atoms. The van der Waals surface area contributed by atoms with Crippen LogP contribution in [-0.2, 0) is 16.1 Å². The quantitative estimate of drug-likeness (QED) is 0.729. The third-order valence-electron chi connectivity index (χ3n) is 4.06. The molecular weight excluding hydrogens is 368 g/mol. The van der Waals surface area contributed by atoms with Gasteiger partial charge in [-0.2, -0.15) is 0 Å². The lowest BCUT2D eigenvalue weighted by atomic mass is 10.1. The summed E-state index contributed by atoms with van der Waals surface area (Å²) in [5.41, 5.74) is 2.11. The van der Waals surface area contributed by atoms with E-state index >= 15 is 0 Å². The first-order chi connectivity index (χ1) is 12.4. The number of hydrogen-bond donors (Lipinski definition) is 1. The van der Waals surface area contributed by atoms with E-state index in [2.05, 4.69) is 5.32 Å². The van der Waals surface area contributed by atoms with E-state index in [1.54, 1.807) is 31.0 Å². The summed E-state index contributed by atoms with van der Waals surface area (Å²) in [7, 11) is 1.57. The molecule has 0 bridgehead atoms. The number of aryl methyl sites for hydroxylation is 1. The molecule has 138 valence electrons. The zero-order valence-electron chi connectivity index (χ0n) is 15.2.